The average molecular weight is 1470 g/mol. The molecule has 0 aliphatic heterocycles. The molecule has 0 aromatic heterocycles. The molecule has 1 amide bonds. The molecule has 0 aliphatic rings. The van der Waals surface area contributed by atoms with Gasteiger partial charge in [-0.25, -0.2) is 15.1 Å². The van der Waals surface area contributed by atoms with Gasteiger partial charge in [-0.15, -0.1) is 0 Å². The Kier molecular flexibility index (Phi) is 69.6. The fourth-order valence-electron chi connectivity index (χ4n) is 8.28. The quantitative estimate of drug-likeness (QED) is 0.00413. The van der Waals surface area contributed by atoms with Crippen molar-refractivity contribution in [3.05, 3.63) is 138 Å². The van der Waals surface area contributed by atoms with Crippen LogP contribution < -0.4 is 11.2 Å². The smallest absolute Gasteiger partial charge is 0.481 e. The average Bonchev–Trinajstić information content (AvgIpc) is 1.32. The standard InChI is InChI=1S/C17H22O5.C15H21NO3.C15H20O3.C10H16O6.C8H14O4.C6H7N.2C2H3ClO/c1-21-17(20)22-16(19)12-8-3-2-7-11-15(18)13-14-9-5-4-6-10-14;17-14(12-13-8-4-3-5-9-13)10-6-1-2-7-11-15(18)16-19;16-14(12-13-8-4-3-5-9-13)10-6-1-2-7-11-15(17)18;1-15-10(14)16-9(13)7-5-3-2-4-6-8(11)12;9-7(10)5-3-1-2-4-6-8(11)12;7-6-4-2-1-3-5-6;2*1-2(3)4/h4-6,9-10H,2-3,7-8,11-13H2,1H3;3-5,8-9,19H,1-2,6-7,10-12H2,(H,16,18);3-5,8-9H,1-2,6-7,10-12H2,(H,17,18);2-7H2,1H3,(H,11,12);1-6H2,(H,9,10)(H,11,12);1-5H,7H2;2*1H3. The SMILES string of the molecule is CC(=O)Cl.CC(=O)Cl.COC(=O)OC(=O)CCCCCCC(=O)Cc1ccccc1.COC(=O)OC(=O)CCCCCCC(=O)O.Nc1ccccc1.O=C(CCCCCCC(=O)NO)Cc1ccccc1.O=C(O)CCCCCCC(=O)Cc1ccccc1.O=C(O)CCCCCCC(=O)O. The summed E-state index contributed by atoms with van der Waals surface area (Å²) in [7, 11) is 2.28. The van der Waals surface area contributed by atoms with Gasteiger partial charge in [0, 0.05) is 103 Å². The van der Waals surface area contributed by atoms with Crippen LogP contribution in [0.5, 0.6) is 0 Å². The van der Waals surface area contributed by atoms with Crippen LogP contribution in [0.25, 0.3) is 0 Å². The van der Waals surface area contributed by atoms with Gasteiger partial charge in [0.1, 0.15) is 17.3 Å². The number of para-hydroxylation sites is 1. The van der Waals surface area contributed by atoms with E-state index in [9.17, 15) is 67.1 Å². The van der Waals surface area contributed by atoms with Crippen molar-refractivity contribution in [2.24, 2.45) is 0 Å². The van der Waals surface area contributed by atoms with Crippen LogP contribution in [0.3, 0.4) is 0 Å². The topological polar surface area (TPSA) is 415 Å². The van der Waals surface area contributed by atoms with Crippen molar-refractivity contribution in [2.75, 3.05) is 20.0 Å². The summed E-state index contributed by atoms with van der Waals surface area (Å²) in [5.41, 5.74) is 11.0. The molecule has 4 aromatic rings. The molecule has 8 N–H and O–H groups in total. The molecule has 25 nitrogen and oxygen atoms in total. The Labute approximate surface area is 608 Å². The van der Waals surface area contributed by atoms with Crippen LogP contribution >= 0.6 is 23.2 Å². The number of esters is 2. The maximum Gasteiger partial charge on any atom is 0.515 e. The van der Waals surface area contributed by atoms with E-state index in [0.717, 1.165) is 126 Å². The van der Waals surface area contributed by atoms with Crippen molar-refractivity contribution in [3.63, 3.8) is 0 Å². The molecular weight excluding hydrogens is 1370 g/mol. The first-order valence-corrected chi connectivity index (χ1v) is 34.5. The molecular formula is C75H106Cl2N2O23. The number of carbonyl (C=O) groups excluding carboxylic acids is 10. The summed E-state index contributed by atoms with van der Waals surface area (Å²) < 4.78 is 17.0. The third-order valence-electron chi connectivity index (χ3n) is 13.2. The van der Waals surface area contributed by atoms with Crippen LogP contribution in [0.1, 0.15) is 223 Å². The Bertz CT molecular complexity index is 2900. The fraction of sp³-hybridized carbons (Fsp3) is 0.493. The highest BCUT2D eigenvalue weighted by Crippen LogP contribution is 2.13. The normalized spacial score (nSPS) is 9.60. The molecule has 0 fully saturated rings. The number of carboxylic acid groups (broad SMARTS) is 4. The van der Waals surface area contributed by atoms with Gasteiger partial charge in [-0.3, -0.25) is 62.7 Å². The Morgan fingerprint density at radius 3 is 0.735 bits per heavy atom. The molecule has 0 unspecified atom stereocenters. The van der Waals surface area contributed by atoms with E-state index in [1.54, 1.807) is 5.48 Å². The Balaban J connectivity index is -0.000000563. The number of aliphatic carboxylic acids is 4. The van der Waals surface area contributed by atoms with Gasteiger partial charge < -0.3 is 45.1 Å². The van der Waals surface area contributed by atoms with E-state index in [4.69, 9.17) is 31.4 Å². The summed E-state index contributed by atoms with van der Waals surface area (Å²) >= 11 is 9.27. The third-order valence-corrected chi connectivity index (χ3v) is 13.2. The molecule has 0 atom stereocenters. The van der Waals surface area contributed by atoms with E-state index in [2.05, 4.69) is 42.1 Å². The molecule has 0 spiro atoms. The Morgan fingerprint density at radius 2 is 0.539 bits per heavy atom. The first-order valence-electron chi connectivity index (χ1n) is 33.7. The van der Waals surface area contributed by atoms with Crippen molar-refractivity contribution in [3.8, 4) is 0 Å². The van der Waals surface area contributed by atoms with Gasteiger partial charge in [-0.05, 0) is 116 Å². The summed E-state index contributed by atoms with van der Waals surface area (Å²) in [6.45, 7) is 2.59. The highest BCUT2D eigenvalue weighted by molar-refractivity contribution is 6.63. The number of methoxy groups -OCH3 is 2. The molecule has 0 aliphatic carbocycles. The van der Waals surface area contributed by atoms with Crippen molar-refractivity contribution in [2.45, 2.75) is 226 Å². The maximum atomic E-state index is 11.8. The number of Topliss-reactive ketones (excluding diaryl/α,β-unsaturated/α-hetero) is 3. The molecule has 4 aromatic carbocycles. The Hall–Kier alpha value is -9.20. The largest absolute Gasteiger partial charge is 0.515 e. The van der Waals surface area contributed by atoms with Gasteiger partial charge in [0.2, 0.25) is 16.4 Å². The van der Waals surface area contributed by atoms with Crippen LogP contribution in [0, 0.1) is 0 Å². The van der Waals surface area contributed by atoms with E-state index in [1.165, 1.54) is 13.8 Å². The molecule has 568 valence electrons. The molecule has 0 saturated carbocycles. The molecule has 0 heterocycles. The minimum absolute atomic E-state index is 0.141. The number of hydrogen-bond acceptors (Lipinski definition) is 20. The van der Waals surface area contributed by atoms with Gasteiger partial charge in [0.05, 0.1) is 14.2 Å². The number of unbranched alkanes of at least 4 members (excludes halogenated alkanes) is 15. The van der Waals surface area contributed by atoms with Gasteiger partial charge in [-0.1, -0.05) is 173 Å². The number of carbonyl (C=O) groups is 14. The van der Waals surface area contributed by atoms with Crippen LogP contribution in [0.15, 0.2) is 121 Å². The second-order valence-corrected chi connectivity index (χ2v) is 23.6. The molecule has 0 radical (unpaired) electrons. The highest BCUT2D eigenvalue weighted by atomic mass is 35.5. The monoisotopic (exact) mass is 1470 g/mol. The van der Waals surface area contributed by atoms with E-state index in [1.807, 2.05) is 121 Å². The van der Waals surface area contributed by atoms with Gasteiger partial charge in [-0.2, -0.15) is 0 Å². The van der Waals surface area contributed by atoms with Gasteiger partial charge in [0.25, 0.3) is 0 Å². The highest BCUT2D eigenvalue weighted by Gasteiger charge is 2.12. The van der Waals surface area contributed by atoms with E-state index in [-0.39, 0.29) is 72.3 Å². The number of ether oxygens (including phenoxy) is 4. The number of nitrogen functional groups attached to an aromatic ring is 1. The second kappa shape index (κ2) is 71.6. The first kappa shape index (κ1) is 99.2. The van der Waals surface area contributed by atoms with Crippen molar-refractivity contribution < 1.29 is 112 Å². The lowest BCUT2D eigenvalue weighted by Gasteiger charge is -2.03. The number of hydrogen-bond donors (Lipinski definition) is 7. The summed E-state index contributed by atoms with van der Waals surface area (Å²) in [6.07, 6.45) is 18.3. The summed E-state index contributed by atoms with van der Waals surface area (Å²) in [5.74, 6) is -3.91. The number of rotatable bonds is 41. The molecule has 4 rings (SSSR count). The predicted molar refractivity (Wildman–Crippen MR) is 385 cm³/mol. The maximum absolute atomic E-state index is 11.8. The number of halogens is 2. The number of anilines is 1. The molecule has 102 heavy (non-hydrogen) atoms. The lowest BCUT2D eigenvalue weighted by molar-refractivity contribution is -0.140. The minimum atomic E-state index is -1.00. The number of benzene rings is 4. The number of amides is 1. The number of ketones is 3. The van der Waals surface area contributed by atoms with E-state index >= 15 is 0 Å². The number of nitrogens with two attached hydrogens (primary N) is 1. The number of hydroxylamine groups is 1. The predicted octanol–water partition coefficient (Wildman–Crippen LogP) is 15.3. The van der Waals surface area contributed by atoms with Crippen LogP contribution in [-0.2, 0) is 95.7 Å². The fourth-order valence-corrected chi connectivity index (χ4v) is 8.28. The van der Waals surface area contributed by atoms with Crippen LogP contribution in [0.2, 0.25) is 0 Å². The zero-order valence-electron chi connectivity index (χ0n) is 59.3. The Morgan fingerprint density at radius 1 is 0.333 bits per heavy atom. The third kappa shape index (κ3) is 83.2. The minimum Gasteiger partial charge on any atom is -0.481 e. The first-order chi connectivity index (χ1) is 48.6. The van der Waals surface area contributed by atoms with E-state index in [0.29, 0.717) is 83.5 Å². The van der Waals surface area contributed by atoms with Crippen molar-refractivity contribution >= 4 is 111 Å². The molecule has 27 heteroatoms. The lowest BCUT2D eigenvalue weighted by atomic mass is 10.0. The van der Waals surface area contributed by atoms with Crippen molar-refractivity contribution in [1.29, 1.82) is 0 Å². The zero-order chi connectivity index (χ0) is 77.4. The summed E-state index contributed by atoms with van der Waals surface area (Å²) in [4.78, 5) is 148. The number of carboxylic acids is 4. The second-order valence-electron chi connectivity index (χ2n) is 22.5. The summed E-state index contributed by atoms with van der Waals surface area (Å²) in [6, 6.07) is 38.7. The molecule has 0 bridgehead atoms. The van der Waals surface area contributed by atoms with Crippen LogP contribution in [0.4, 0.5) is 15.3 Å². The summed E-state index contributed by atoms with van der Waals surface area (Å²) in [5, 5.41) is 40.9. The lowest BCUT2D eigenvalue weighted by Crippen LogP contribution is -2.17. The van der Waals surface area contributed by atoms with Crippen LogP contribution in [-0.4, -0.2) is 122 Å². The number of nitrogens with one attached hydrogen (secondary N) is 1. The molecule has 0 saturated heterocycles. The van der Waals surface area contributed by atoms with E-state index < -0.39 is 48.1 Å². The van der Waals surface area contributed by atoms with Gasteiger partial charge in [0.15, 0.2) is 0 Å². The van der Waals surface area contributed by atoms with Gasteiger partial charge >= 0.3 is 48.1 Å². The van der Waals surface area contributed by atoms with Crippen molar-refractivity contribution in [1.82, 2.24) is 5.48 Å². The zero-order valence-corrected chi connectivity index (χ0v) is 60.8.